The molecule has 124 valence electrons. The van der Waals surface area contributed by atoms with Crippen LogP contribution in [0, 0.1) is 5.82 Å². The van der Waals surface area contributed by atoms with E-state index in [-0.39, 0.29) is 17.2 Å². The van der Waals surface area contributed by atoms with E-state index >= 15 is 0 Å². The zero-order valence-electron chi connectivity index (χ0n) is 12.7. The first-order valence-corrected chi connectivity index (χ1v) is 8.92. The molecule has 0 atom stereocenters. The van der Waals surface area contributed by atoms with E-state index < -0.39 is 5.82 Å². The predicted octanol–water partition coefficient (Wildman–Crippen LogP) is 4.23. The third-order valence-electron chi connectivity index (χ3n) is 4.14. The van der Waals surface area contributed by atoms with Gasteiger partial charge >= 0.3 is 0 Å². The Morgan fingerprint density at radius 3 is 3.00 bits per heavy atom. The van der Waals surface area contributed by atoms with Crippen LogP contribution in [0.15, 0.2) is 23.0 Å². The van der Waals surface area contributed by atoms with Gasteiger partial charge in [-0.05, 0) is 43.4 Å². The third kappa shape index (κ3) is 2.80. The first-order chi connectivity index (χ1) is 11.6. The zero-order chi connectivity index (χ0) is 16.7. The molecule has 24 heavy (non-hydrogen) atoms. The van der Waals surface area contributed by atoms with Gasteiger partial charge in [-0.3, -0.25) is 4.79 Å². The fraction of sp³-hybridized carbons (Fsp3) is 0.294. The van der Waals surface area contributed by atoms with E-state index in [1.54, 1.807) is 11.3 Å². The molecule has 2 aromatic heterocycles. The second-order valence-corrected chi connectivity index (χ2v) is 7.26. The summed E-state index contributed by atoms with van der Waals surface area (Å²) in [5, 5.41) is 0.721. The van der Waals surface area contributed by atoms with E-state index in [2.05, 4.69) is 9.97 Å². The van der Waals surface area contributed by atoms with Gasteiger partial charge in [0, 0.05) is 10.9 Å². The van der Waals surface area contributed by atoms with Crippen molar-refractivity contribution in [2.45, 2.75) is 32.3 Å². The molecule has 1 aliphatic carbocycles. The quantitative estimate of drug-likeness (QED) is 0.756. The van der Waals surface area contributed by atoms with Crippen molar-refractivity contribution < 1.29 is 9.13 Å². The summed E-state index contributed by atoms with van der Waals surface area (Å²) in [6.45, 7) is 0.0930. The molecule has 0 unspecified atom stereocenters. The molecule has 0 fully saturated rings. The lowest BCUT2D eigenvalue weighted by Crippen LogP contribution is -2.14. The van der Waals surface area contributed by atoms with Gasteiger partial charge in [-0.2, -0.15) is 0 Å². The number of rotatable bonds is 3. The van der Waals surface area contributed by atoms with Crippen molar-refractivity contribution in [2.75, 3.05) is 0 Å². The minimum Gasteiger partial charge on any atom is -0.486 e. The smallest absolute Gasteiger partial charge is 0.260 e. The number of benzene rings is 1. The van der Waals surface area contributed by atoms with Crippen LogP contribution in [0.1, 0.15) is 29.1 Å². The van der Waals surface area contributed by atoms with E-state index in [9.17, 15) is 9.18 Å². The Morgan fingerprint density at radius 2 is 2.17 bits per heavy atom. The second-order valence-electron chi connectivity index (χ2n) is 5.77. The lowest BCUT2D eigenvalue weighted by atomic mass is 9.97. The van der Waals surface area contributed by atoms with Crippen molar-refractivity contribution in [1.82, 2.24) is 9.97 Å². The van der Waals surface area contributed by atoms with Gasteiger partial charge in [0.2, 0.25) is 0 Å². The number of hydrogen-bond acceptors (Lipinski definition) is 4. The van der Waals surface area contributed by atoms with Gasteiger partial charge in [-0.15, -0.1) is 11.3 Å². The van der Waals surface area contributed by atoms with E-state index in [1.165, 1.54) is 29.5 Å². The summed E-state index contributed by atoms with van der Waals surface area (Å²) >= 11 is 7.33. The van der Waals surface area contributed by atoms with Crippen LogP contribution in [-0.4, -0.2) is 9.97 Å². The number of fused-ring (bicyclic) bond motifs is 3. The van der Waals surface area contributed by atoms with Crippen molar-refractivity contribution in [2.24, 2.45) is 0 Å². The molecule has 0 bridgehead atoms. The van der Waals surface area contributed by atoms with Gasteiger partial charge < -0.3 is 9.72 Å². The van der Waals surface area contributed by atoms with Crippen molar-refractivity contribution in [3.05, 3.63) is 55.7 Å². The molecule has 1 aliphatic rings. The summed E-state index contributed by atoms with van der Waals surface area (Å²) in [7, 11) is 0. The maximum Gasteiger partial charge on any atom is 0.260 e. The molecule has 0 spiro atoms. The SMILES string of the molecule is O=c1[nH]c(COc2ccc(F)c(Cl)c2)nc2sc3c(c12)CCCC3. The van der Waals surface area contributed by atoms with Crippen molar-refractivity contribution >= 4 is 33.2 Å². The Hall–Kier alpha value is -1.92. The molecule has 0 saturated carbocycles. The predicted molar refractivity (Wildman–Crippen MR) is 92.6 cm³/mol. The highest BCUT2D eigenvalue weighted by atomic mass is 35.5. The maximum absolute atomic E-state index is 13.2. The number of nitrogens with zero attached hydrogens (tertiary/aromatic N) is 1. The number of H-pyrrole nitrogens is 1. The van der Waals surface area contributed by atoms with Gasteiger partial charge in [0.1, 0.15) is 28.8 Å². The van der Waals surface area contributed by atoms with Gasteiger partial charge in [0.15, 0.2) is 0 Å². The molecule has 1 aromatic carbocycles. The van der Waals surface area contributed by atoms with Gasteiger partial charge in [0.05, 0.1) is 10.4 Å². The van der Waals surface area contributed by atoms with Crippen molar-refractivity contribution in [1.29, 1.82) is 0 Å². The van der Waals surface area contributed by atoms with E-state index in [1.807, 2.05) is 0 Å². The molecule has 0 saturated heterocycles. The fourth-order valence-corrected chi connectivity index (χ4v) is 4.45. The monoisotopic (exact) mass is 364 g/mol. The van der Waals surface area contributed by atoms with Gasteiger partial charge in [-0.25, -0.2) is 9.37 Å². The highest BCUT2D eigenvalue weighted by Gasteiger charge is 2.19. The molecular formula is C17H14ClFN2O2S. The van der Waals surface area contributed by atoms with Crippen LogP contribution < -0.4 is 10.3 Å². The number of aryl methyl sites for hydroxylation is 2. The average molecular weight is 365 g/mol. The number of thiophene rings is 1. The normalized spacial score (nSPS) is 13.9. The lowest BCUT2D eigenvalue weighted by Gasteiger charge is -2.09. The van der Waals surface area contributed by atoms with Gasteiger partial charge in [0.25, 0.3) is 5.56 Å². The van der Waals surface area contributed by atoms with Crippen LogP contribution in [0.25, 0.3) is 10.2 Å². The minimum atomic E-state index is -0.499. The minimum absolute atomic E-state index is 0.00432. The zero-order valence-corrected chi connectivity index (χ0v) is 14.3. The summed E-state index contributed by atoms with van der Waals surface area (Å²) in [5.41, 5.74) is 1.04. The number of ether oxygens (including phenoxy) is 1. The molecule has 7 heteroatoms. The first kappa shape index (κ1) is 15.6. The van der Waals surface area contributed by atoms with Crippen LogP contribution in [0.4, 0.5) is 4.39 Å². The standard InChI is InChI=1S/C17H14ClFN2O2S/c18-11-7-9(5-6-12(11)19)23-8-14-20-16(22)15-10-3-1-2-4-13(10)24-17(15)21-14/h5-7H,1-4,8H2,(H,20,21,22). The topological polar surface area (TPSA) is 55.0 Å². The summed E-state index contributed by atoms with van der Waals surface area (Å²) in [4.78, 5) is 21.8. The highest BCUT2D eigenvalue weighted by molar-refractivity contribution is 7.18. The average Bonchev–Trinajstić information content (AvgIpc) is 2.94. The number of aromatic amines is 1. The Bertz CT molecular complexity index is 983. The summed E-state index contributed by atoms with van der Waals surface area (Å²) in [5.74, 6) is 0.377. The summed E-state index contributed by atoms with van der Waals surface area (Å²) < 4.78 is 18.7. The van der Waals surface area contributed by atoms with Crippen LogP contribution in [0.3, 0.4) is 0 Å². The molecule has 1 N–H and O–H groups in total. The Kier molecular flexibility index (Phi) is 4.02. The second kappa shape index (κ2) is 6.18. The van der Waals surface area contributed by atoms with Crippen molar-refractivity contribution in [3.63, 3.8) is 0 Å². The summed E-state index contributed by atoms with van der Waals surface area (Å²) in [6.07, 6.45) is 4.26. The molecule has 3 aromatic rings. The van der Waals surface area contributed by atoms with Crippen LogP contribution in [0.2, 0.25) is 5.02 Å². The number of halogens is 2. The molecule has 4 nitrogen and oxygen atoms in total. The number of aromatic nitrogens is 2. The van der Waals surface area contributed by atoms with Crippen molar-refractivity contribution in [3.8, 4) is 5.75 Å². The Labute approximate surface area is 146 Å². The Morgan fingerprint density at radius 1 is 1.33 bits per heavy atom. The fourth-order valence-electron chi connectivity index (χ4n) is 3.00. The number of nitrogens with one attached hydrogen (secondary N) is 1. The largest absolute Gasteiger partial charge is 0.486 e. The Balaban J connectivity index is 1.63. The highest BCUT2D eigenvalue weighted by Crippen LogP contribution is 2.33. The maximum atomic E-state index is 13.2. The molecule has 0 aliphatic heterocycles. The summed E-state index contributed by atoms with van der Waals surface area (Å²) in [6, 6.07) is 4.13. The molecule has 2 heterocycles. The van der Waals surface area contributed by atoms with E-state index in [0.29, 0.717) is 11.6 Å². The molecule has 0 radical (unpaired) electrons. The third-order valence-corrected chi connectivity index (χ3v) is 5.62. The van der Waals surface area contributed by atoms with E-state index in [0.717, 1.165) is 35.0 Å². The van der Waals surface area contributed by atoms with Crippen LogP contribution >= 0.6 is 22.9 Å². The lowest BCUT2D eigenvalue weighted by molar-refractivity contribution is 0.295. The van der Waals surface area contributed by atoms with Crippen LogP contribution in [-0.2, 0) is 19.4 Å². The molecule has 4 rings (SSSR count). The number of hydrogen-bond donors (Lipinski definition) is 1. The van der Waals surface area contributed by atoms with Gasteiger partial charge in [-0.1, -0.05) is 11.6 Å². The first-order valence-electron chi connectivity index (χ1n) is 7.73. The van der Waals surface area contributed by atoms with E-state index in [4.69, 9.17) is 16.3 Å². The van der Waals surface area contributed by atoms with Crippen LogP contribution in [0.5, 0.6) is 5.75 Å². The molecule has 0 amide bonds. The molecular weight excluding hydrogens is 351 g/mol.